The van der Waals surface area contributed by atoms with Crippen LogP contribution in [-0.2, 0) is 9.47 Å². The predicted octanol–water partition coefficient (Wildman–Crippen LogP) is 7.30. The Morgan fingerprint density at radius 2 is 1.08 bits per heavy atom. The van der Waals surface area contributed by atoms with Gasteiger partial charge < -0.3 is 9.47 Å². The first-order chi connectivity index (χ1) is 12.3. The molecule has 150 valence electrons. The van der Waals surface area contributed by atoms with E-state index in [4.69, 9.17) is 9.47 Å². The van der Waals surface area contributed by atoms with Crippen LogP contribution in [0.4, 0.5) is 0 Å². The second-order valence-corrected chi connectivity index (χ2v) is 8.36. The lowest BCUT2D eigenvalue weighted by atomic mass is 10.0. The van der Waals surface area contributed by atoms with Crippen molar-refractivity contribution < 1.29 is 9.47 Å². The summed E-state index contributed by atoms with van der Waals surface area (Å²) in [7, 11) is 0. The van der Waals surface area contributed by atoms with Crippen molar-refractivity contribution in [2.45, 2.75) is 123 Å². The largest absolute Gasteiger partial charge is 0.381 e. The second kappa shape index (κ2) is 17.3. The van der Waals surface area contributed by atoms with E-state index in [1.54, 1.807) is 0 Å². The fraction of sp³-hybridized carbons (Fsp3) is 1.00. The highest BCUT2D eigenvalue weighted by Crippen LogP contribution is 2.34. The molecule has 0 atom stereocenters. The number of ether oxygens (including phenoxy) is 2. The zero-order valence-corrected chi connectivity index (χ0v) is 17.4. The van der Waals surface area contributed by atoms with Gasteiger partial charge in [0.15, 0.2) is 0 Å². The minimum absolute atomic E-state index is 0.344. The SMILES string of the molecule is CC(C)OCCCOCCCCCCCCCCCCCCC1CC1. The third-order valence-corrected chi connectivity index (χ3v) is 5.23. The van der Waals surface area contributed by atoms with Crippen LogP contribution < -0.4 is 0 Å². The van der Waals surface area contributed by atoms with E-state index in [1.165, 1.54) is 96.3 Å². The van der Waals surface area contributed by atoms with Gasteiger partial charge in [0, 0.05) is 19.8 Å². The molecule has 0 N–H and O–H groups in total. The third kappa shape index (κ3) is 18.5. The lowest BCUT2D eigenvalue weighted by molar-refractivity contribution is 0.0507. The molecule has 0 aromatic carbocycles. The molecule has 1 saturated carbocycles. The highest BCUT2D eigenvalue weighted by Gasteiger charge is 2.19. The number of hydrogen-bond acceptors (Lipinski definition) is 2. The average Bonchev–Trinajstić information content (AvgIpc) is 3.41. The summed E-state index contributed by atoms with van der Waals surface area (Å²) in [6.45, 7) is 6.78. The van der Waals surface area contributed by atoms with E-state index in [0.29, 0.717) is 6.10 Å². The molecule has 2 nitrogen and oxygen atoms in total. The van der Waals surface area contributed by atoms with Crippen molar-refractivity contribution in [2.24, 2.45) is 5.92 Å². The maximum Gasteiger partial charge on any atom is 0.0518 e. The summed E-state index contributed by atoms with van der Waals surface area (Å²) in [5.41, 5.74) is 0. The van der Waals surface area contributed by atoms with Gasteiger partial charge in [-0.05, 0) is 32.6 Å². The molecule has 1 aliphatic rings. The molecular formula is C23H46O2. The molecule has 0 aromatic heterocycles. The van der Waals surface area contributed by atoms with Crippen LogP contribution in [0.5, 0.6) is 0 Å². The Labute approximate surface area is 158 Å². The van der Waals surface area contributed by atoms with E-state index in [-0.39, 0.29) is 0 Å². The summed E-state index contributed by atoms with van der Waals surface area (Å²) in [6, 6.07) is 0. The summed E-state index contributed by atoms with van der Waals surface area (Å²) in [6.07, 6.45) is 23.1. The molecule has 0 bridgehead atoms. The van der Waals surface area contributed by atoms with Gasteiger partial charge >= 0.3 is 0 Å². The molecule has 1 rings (SSSR count). The highest BCUT2D eigenvalue weighted by atomic mass is 16.5. The van der Waals surface area contributed by atoms with Crippen molar-refractivity contribution >= 4 is 0 Å². The van der Waals surface area contributed by atoms with Crippen LogP contribution in [0.25, 0.3) is 0 Å². The minimum Gasteiger partial charge on any atom is -0.381 e. The van der Waals surface area contributed by atoms with Crippen LogP contribution in [0.3, 0.4) is 0 Å². The fourth-order valence-corrected chi connectivity index (χ4v) is 3.39. The third-order valence-electron chi connectivity index (χ3n) is 5.23. The van der Waals surface area contributed by atoms with Crippen molar-refractivity contribution in [3.05, 3.63) is 0 Å². The maximum absolute atomic E-state index is 5.65. The molecule has 0 amide bonds. The first kappa shape index (κ1) is 23.0. The normalized spacial score (nSPS) is 14.5. The molecule has 1 aliphatic carbocycles. The van der Waals surface area contributed by atoms with E-state index in [1.807, 2.05) is 0 Å². The van der Waals surface area contributed by atoms with Gasteiger partial charge in [-0.25, -0.2) is 0 Å². The van der Waals surface area contributed by atoms with Crippen LogP contribution in [-0.4, -0.2) is 25.9 Å². The number of hydrogen-bond donors (Lipinski definition) is 0. The average molecular weight is 355 g/mol. The van der Waals surface area contributed by atoms with Crippen molar-refractivity contribution in [3.8, 4) is 0 Å². The van der Waals surface area contributed by atoms with Crippen molar-refractivity contribution in [3.63, 3.8) is 0 Å². The van der Waals surface area contributed by atoms with Crippen LogP contribution in [0.1, 0.15) is 117 Å². The second-order valence-electron chi connectivity index (χ2n) is 8.36. The van der Waals surface area contributed by atoms with Gasteiger partial charge in [-0.1, -0.05) is 89.9 Å². The number of rotatable bonds is 20. The molecule has 2 heteroatoms. The Bertz CT molecular complexity index is 243. The topological polar surface area (TPSA) is 18.5 Å². The summed E-state index contributed by atoms with van der Waals surface area (Å²) >= 11 is 0. The van der Waals surface area contributed by atoms with Gasteiger partial charge in [0.05, 0.1) is 6.10 Å². The van der Waals surface area contributed by atoms with Crippen molar-refractivity contribution in [1.29, 1.82) is 0 Å². The summed E-state index contributed by atoms with van der Waals surface area (Å²) in [5, 5.41) is 0. The summed E-state index contributed by atoms with van der Waals surface area (Å²) in [5.74, 6) is 1.14. The Balaban J connectivity index is 1.60. The van der Waals surface area contributed by atoms with E-state index in [9.17, 15) is 0 Å². The van der Waals surface area contributed by atoms with E-state index in [0.717, 1.165) is 32.2 Å². The highest BCUT2D eigenvalue weighted by molar-refractivity contribution is 4.72. The van der Waals surface area contributed by atoms with Crippen LogP contribution in [0, 0.1) is 5.92 Å². The van der Waals surface area contributed by atoms with Crippen LogP contribution >= 0.6 is 0 Å². The molecule has 0 spiro atoms. The molecule has 0 saturated heterocycles. The zero-order valence-electron chi connectivity index (χ0n) is 17.4. The van der Waals surface area contributed by atoms with Crippen molar-refractivity contribution in [2.75, 3.05) is 19.8 Å². The van der Waals surface area contributed by atoms with Gasteiger partial charge in [-0.2, -0.15) is 0 Å². The van der Waals surface area contributed by atoms with Gasteiger partial charge in [0.25, 0.3) is 0 Å². The minimum atomic E-state index is 0.344. The molecular weight excluding hydrogens is 308 g/mol. The smallest absolute Gasteiger partial charge is 0.0518 e. The molecule has 0 aliphatic heterocycles. The van der Waals surface area contributed by atoms with Crippen molar-refractivity contribution in [1.82, 2.24) is 0 Å². The summed E-state index contributed by atoms with van der Waals surface area (Å²) < 4.78 is 11.1. The maximum atomic E-state index is 5.65. The van der Waals surface area contributed by atoms with Gasteiger partial charge in [0.1, 0.15) is 0 Å². The Morgan fingerprint density at radius 1 is 0.600 bits per heavy atom. The Morgan fingerprint density at radius 3 is 1.60 bits per heavy atom. The molecule has 0 aromatic rings. The first-order valence-corrected chi connectivity index (χ1v) is 11.5. The number of unbranched alkanes of at least 4 members (excludes halogenated alkanes) is 11. The monoisotopic (exact) mass is 354 g/mol. The van der Waals surface area contributed by atoms with Crippen LogP contribution in [0.2, 0.25) is 0 Å². The van der Waals surface area contributed by atoms with E-state index < -0.39 is 0 Å². The summed E-state index contributed by atoms with van der Waals surface area (Å²) in [4.78, 5) is 0. The van der Waals surface area contributed by atoms with E-state index in [2.05, 4.69) is 13.8 Å². The van der Waals surface area contributed by atoms with Gasteiger partial charge in [0.2, 0.25) is 0 Å². The van der Waals surface area contributed by atoms with E-state index >= 15 is 0 Å². The molecule has 0 unspecified atom stereocenters. The van der Waals surface area contributed by atoms with Crippen LogP contribution in [0.15, 0.2) is 0 Å². The molecule has 1 fully saturated rings. The fourth-order valence-electron chi connectivity index (χ4n) is 3.39. The first-order valence-electron chi connectivity index (χ1n) is 11.5. The molecule has 0 heterocycles. The quantitative estimate of drug-likeness (QED) is 0.214. The zero-order chi connectivity index (χ0) is 18.0. The predicted molar refractivity (Wildman–Crippen MR) is 109 cm³/mol. The lowest BCUT2D eigenvalue weighted by Gasteiger charge is -2.07. The standard InChI is InChI=1S/C23H46O2/c1-22(2)25-21-15-20-24-19-14-12-10-8-6-4-3-5-7-9-11-13-16-23-17-18-23/h22-23H,3-21H2,1-2H3. The van der Waals surface area contributed by atoms with Gasteiger partial charge in [-0.15, -0.1) is 0 Å². The molecule has 25 heavy (non-hydrogen) atoms. The van der Waals surface area contributed by atoms with Gasteiger partial charge in [-0.3, -0.25) is 0 Å². The molecule has 0 radical (unpaired) electrons. The Kier molecular flexibility index (Phi) is 15.9. The lowest BCUT2D eigenvalue weighted by Crippen LogP contribution is -2.07. The Hall–Kier alpha value is -0.0800.